The molecule has 0 radical (unpaired) electrons. The summed E-state index contributed by atoms with van der Waals surface area (Å²) in [5.41, 5.74) is 2.02. The van der Waals surface area contributed by atoms with Gasteiger partial charge >= 0.3 is 0 Å². The summed E-state index contributed by atoms with van der Waals surface area (Å²) >= 11 is 6.41. The largest absolute Gasteiger partial charge is 0.366 e. The molecular weight excluding hydrogens is 380 g/mol. The van der Waals surface area contributed by atoms with Gasteiger partial charge in [0.2, 0.25) is 5.91 Å². The van der Waals surface area contributed by atoms with Crippen molar-refractivity contribution in [3.8, 4) is 0 Å². The van der Waals surface area contributed by atoms with Crippen LogP contribution in [0.2, 0.25) is 5.02 Å². The van der Waals surface area contributed by atoms with Gasteiger partial charge in [-0.2, -0.15) is 0 Å². The van der Waals surface area contributed by atoms with Gasteiger partial charge in [0.1, 0.15) is 0 Å². The molecule has 0 atom stereocenters. The number of nitro groups is 1. The zero-order chi connectivity index (χ0) is 20.1. The van der Waals surface area contributed by atoms with Crippen LogP contribution in [0.15, 0.2) is 48.5 Å². The Balaban J connectivity index is 1.74. The van der Waals surface area contributed by atoms with E-state index in [1.807, 2.05) is 12.1 Å². The van der Waals surface area contributed by atoms with Gasteiger partial charge in [0.15, 0.2) is 0 Å². The maximum absolute atomic E-state index is 12.4. The second-order valence-electron chi connectivity index (χ2n) is 6.60. The van der Waals surface area contributed by atoms with E-state index in [4.69, 9.17) is 11.6 Å². The van der Waals surface area contributed by atoms with Crippen LogP contribution in [-0.2, 0) is 4.79 Å². The maximum atomic E-state index is 12.4. The van der Waals surface area contributed by atoms with Gasteiger partial charge in [0.25, 0.3) is 5.69 Å². The number of benzene rings is 2. The molecule has 0 unspecified atom stereocenters. The van der Waals surface area contributed by atoms with Crippen LogP contribution in [0.25, 0.3) is 6.08 Å². The van der Waals surface area contributed by atoms with Crippen LogP contribution < -0.4 is 10.2 Å². The Kier molecular flexibility index (Phi) is 6.28. The molecule has 1 saturated heterocycles. The fourth-order valence-electron chi connectivity index (χ4n) is 3.06. The Morgan fingerprint density at radius 1 is 1.18 bits per heavy atom. The molecule has 2 aromatic rings. The van der Waals surface area contributed by atoms with Gasteiger partial charge in [-0.05, 0) is 30.8 Å². The molecule has 0 aliphatic carbocycles. The predicted molar refractivity (Wildman–Crippen MR) is 112 cm³/mol. The molecule has 0 saturated carbocycles. The number of non-ortho nitro benzene ring substituents is 1. The number of anilines is 2. The van der Waals surface area contributed by atoms with Crippen LogP contribution >= 0.6 is 11.6 Å². The fraction of sp³-hybridized carbons (Fsp3) is 0.250. The van der Waals surface area contributed by atoms with Gasteiger partial charge in [-0.1, -0.05) is 29.8 Å². The van der Waals surface area contributed by atoms with Crippen LogP contribution in [0.3, 0.4) is 0 Å². The van der Waals surface area contributed by atoms with E-state index in [1.165, 1.54) is 18.2 Å². The monoisotopic (exact) mass is 400 g/mol. The van der Waals surface area contributed by atoms with Gasteiger partial charge in [-0.25, -0.2) is 0 Å². The van der Waals surface area contributed by atoms with E-state index in [0.717, 1.165) is 31.9 Å². The highest BCUT2D eigenvalue weighted by molar-refractivity contribution is 6.34. The third-order valence-corrected chi connectivity index (χ3v) is 4.88. The highest BCUT2D eigenvalue weighted by Crippen LogP contribution is 2.34. The number of halogens is 1. The minimum atomic E-state index is -0.467. The number of hydrogen-bond donors (Lipinski definition) is 1. The normalized spacial score (nSPS) is 15.0. The number of carbonyl (C=O) groups excluding carboxylic acids is 1. The summed E-state index contributed by atoms with van der Waals surface area (Å²) in [5, 5.41) is 14.3. The minimum absolute atomic E-state index is 0.0187. The molecule has 1 N–H and O–H groups in total. The van der Waals surface area contributed by atoms with Crippen molar-refractivity contribution >= 4 is 40.6 Å². The molecule has 2 aromatic carbocycles. The molecule has 1 heterocycles. The number of nitrogens with one attached hydrogen (secondary N) is 1. The Hall–Kier alpha value is -2.90. The summed E-state index contributed by atoms with van der Waals surface area (Å²) in [6.45, 7) is 3.50. The predicted octanol–water partition coefficient (Wildman–Crippen LogP) is 3.65. The van der Waals surface area contributed by atoms with Crippen molar-refractivity contribution in [2.75, 3.05) is 43.4 Å². The lowest BCUT2D eigenvalue weighted by Crippen LogP contribution is -2.44. The standard InChI is InChI=1S/C20H21ClN4O3/c1-23-10-12-24(13-11-23)20-17(21)6-3-7-18(20)22-19(26)9-8-15-4-2-5-16(14-15)25(27)28/h2-9,14H,10-13H2,1H3,(H,22,26)/b9-8+. The number of nitro benzene ring substituents is 1. The van der Waals surface area contributed by atoms with Gasteiger partial charge in [-0.15, -0.1) is 0 Å². The Bertz CT molecular complexity index is 908. The smallest absolute Gasteiger partial charge is 0.270 e. The third kappa shape index (κ3) is 4.88. The van der Waals surface area contributed by atoms with Crippen molar-refractivity contribution in [2.45, 2.75) is 0 Å². The van der Waals surface area contributed by atoms with E-state index >= 15 is 0 Å². The SMILES string of the molecule is CN1CCN(c2c(Cl)cccc2NC(=O)/C=C/c2cccc([N+](=O)[O-])c2)CC1. The first kappa shape index (κ1) is 19.9. The molecule has 0 spiro atoms. The highest BCUT2D eigenvalue weighted by Gasteiger charge is 2.20. The molecular formula is C20H21ClN4O3. The number of amides is 1. The highest BCUT2D eigenvalue weighted by atomic mass is 35.5. The Morgan fingerprint density at radius 2 is 1.89 bits per heavy atom. The van der Waals surface area contributed by atoms with E-state index < -0.39 is 4.92 Å². The Labute approximate surface area is 168 Å². The second kappa shape index (κ2) is 8.86. The second-order valence-corrected chi connectivity index (χ2v) is 7.01. The summed E-state index contributed by atoms with van der Waals surface area (Å²) in [6.07, 6.45) is 2.90. The number of hydrogen-bond acceptors (Lipinski definition) is 5. The molecule has 1 amide bonds. The van der Waals surface area contributed by atoms with Gasteiger partial charge in [0.05, 0.1) is 21.3 Å². The van der Waals surface area contributed by atoms with E-state index in [2.05, 4.69) is 22.2 Å². The average Bonchev–Trinajstić information content (AvgIpc) is 2.68. The van der Waals surface area contributed by atoms with Crippen molar-refractivity contribution < 1.29 is 9.72 Å². The number of likely N-dealkylation sites (N-methyl/N-ethyl adjacent to an activating group) is 1. The van der Waals surface area contributed by atoms with Gasteiger partial charge in [-0.3, -0.25) is 14.9 Å². The first-order valence-electron chi connectivity index (χ1n) is 8.89. The summed E-state index contributed by atoms with van der Waals surface area (Å²) in [6, 6.07) is 11.5. The molecule has 146 valence electrons. The van der Waals surface area contributed by atoms with Gasteiger partial charge in [0, 0.05) is 44.4 Å². The zero-order valence-corrected chi connectivity index (χ0v) is 16.2. The number of para-hydroxylation sites is 1. The lowest BCUT2D eigenvalue weighted by molar-refractivity contribution is -0.384. The summed E-state index contributed by atoms with van der Waals surface area (Å²) in [5.74, 6) is -0.329. The maximum Gasteiger partial charge on any atom is 0.270 e. The summed E-state index contributed by atoms with van der Waals surface area (Å²) in [4.78, 5) is 27.2. The van der Waals surface area contributed by atoms with Crippen molar-refractivity contribution in [3.05, 3.63) is 69.2 Å². The number of piperazine rings is 1. The van der Waals surface area contributed by atoms with E-state index in [9.17, 15) is 14.9 Å². The van der Waals surface area contributed by atoms with Crippen molar-refractivity contribution in [1.29, 1.82) is 0 Å². The summed E-state index contributed by atoms with van der Waals surface area (Å²) in [7, 11) is 2.07. The van der Waals surface area contributed by atoms with Crippen LogP contribution in [0.4, 0.5) is 17.1 Å². The topological polar surface area (TPSA) is 78.7 Å². The fourth-order valence-corrected chi connectivity index (χ4v) is 3.35. The van der Waals surface area contributed by atoms with E-state index in [0.29, 0.717) is 16.3 Å². The zero-order valence-electron chi connectivity index (χ0n) is 15.5. The first-order chi connectivity index (χ1) is 13.4. The molecule has 8 heteroatoms. The Morgan fingerprint density at radius 3 is 2.61 bits per heavy atom. The minimum Gasteiger partial charge on any atom is -0.366 e. The molecule has 1 aliphatic rings. The number of nitrogens with zero attached hydrogens (tertiary/aromatic N) is 3. The van der Waals surface area contributed by atoms with E-state index in [1.54, 1.807) is 24.3 Å². The van der Waals surface area contributed by atoms with Crippen LogP contribution in [0.5, 0.6) is 0 Å². The van der Waals surface area contributed by atoms with Crippen molar-refractivity contribution in [1.82, 2.24) is 4.90 Å². The first-order valence-corrected chi connectivity index (χ1v) is 9.27. The molecule has 3 rings (SSSR count). The molecule has 1 fully saturated rings. The van der Waals surface area contributed by atoms with Gasteiger partial charge < -0.3 is 15.1 Å². The number of rotatable bonds is 5. The third-order valence-electron chi connectivity index (χ3n) is 4.57. The van der Waals surface area contributed by atoms with Crippen LogP contribution in [-0.4, -0.2) is 49.0 Å². The molecule has 28 heavy (non-hydrogen) atoms. The van der Waals surface area contributed by atoms with E-state index in [-0.39, 0.29) is 11.6 Å². The van der Waals surface area contributed by atoms with Crippen LogP contribution in [0, 0.1) is 10.1 Å². The molecule has 1 aliphatic heterocycles. The lowest BCUT2D eigenvalue weighted by atomic mass is 10.2. The van der Waals surface area contributed by atoms with Crippen molar-refractivity contribution in [2.24, 2.45) is 0 Å². The summed E-state index contributed by atoms with van der Waals surface area (Å²) < 4.78 is 0. The average molecular weight is 401 g/mol. The molecule has 7 nitrogen and oxygen atoms in total. The van der Waals surface area contributed by atoms with Crippen LogP contribution in [0.1, 0.15) is 5.56 Å². The lowest BCUT2D eigenvalue weighted by Gasteiger charge is -2.35. The quantitative estimate of drug-likeness (QED) is 0.471. The number of carbonyl (C=O) groups is 1. The molecule has 0 aromatic heterocycles. The van der Waals surface area contributed by atoms with Crippen molar-refractivity contribution in [3.63, 3.8) is 0 Å². The molecule has 0 bridgehead atoms.